The number of ether oxygens (including phenoxy) is 1. The lowest BCUT2D eigenvalue weighted by atomic mass is 10.0. The Morgan fingerprint density at radius 3 is 2.27 bits per heavy atom. The molecule has 4 heteroatoms. The zero-order valence-electron chi connectivity index (χ0n) is 13.6. The lowest BCUT2D eigenvalue weighted by Gasteiger charge is -2.07. The minimum Gasteiger partial charge on any atom is -0.468 e. The van der Waals surface area contributed by atoms with E-state index < -0.39 is 5.97 Å². The van der Waals surface area contributed by atoms with Crippen LogP contribution in [0.1, 0.15) is 31.1 Å². The van der Waals surface area contributed by atoms with E-state index in [0.717, 1.165) is 16.7 Å². The third kappa shape index (κ3) is 5.56. The molecule has 0 aromatic heterocycles. The molecule has 0 saturated heterocycles. The number of methoxy groups -OCH3 is 1. The van der Waals surface area contributed by atoms with E-state index in [1.54, 1.807) is 6.07 Å². The summed E-state index contributed by atoms with van der Waals surface area (Å²) in [6, 6.07) is 13.1. The third-order valence-corrected chi connectivity index (χ3v) is 2.66. The molecule has 0 fully saturated rings. The second-order valence-corrected chi connectivity index (χ2v) is 5.52. The van der Waals surface area contributed by atoms with Gasteiger partial charge < -0.3 is 10.1 Å². The highest BCUT2D eigenvalue weighted by atomic mass is 16.5. The van der Waals surface area contributed by atoms with Gasteiger partial charge in [-0.15, -0.1) is 0 Å². The zero-order valence-corrected chi connectivity index (χ0v) is 13.6. The van der Waals surface area contributed by atoms with Crippen molar-refractivity contribution in [2.75, 3.05) is 13.7 Å². The number of nitrogens with one attached hydrogen (secondary N) is 1. The standard InChI is InChI=1S/C14H13NO3.C4H10/c1-18-13(16)9-15-14(17)12-8-4-6-10-5-2-3-7-11(10)12;1-4(2)3/h2-8H,9H2,1H3,(H,15,17);4H,1-3H3. The molecule has 0 saturated carbocycles. The van der Waals surface area contributed by atoms with Crippen molar-refractivity contribution in [2.24, 2.45) is 5.92 Å². The number of carbonyl (C=O) groups excluding carboxylic acids is 2. The Kier molecular flexibility index (Phi) is 7.09. The van der Waals surface area contributed by atoms with Crippen LogP contribution in [0.5, 0.6) is 0 Å². The smallest absolute Gasteiger partial charge is 0.325 e. The van der Waals surface area contributed by atoms with Crippen LogP contribution in [0.25, 0.3) is 10.8 Å². The first kappa shape index (κ1) is 17.7. The van der Waals surface area contributed by atoms with Gasteiger partial charge in [0.2, 0.25) is 0 Å². The first-order valence-corrected chi connectivity index (χ1v) is 7.28. The van der Waals surface area contributed by atoms with E-state index >= 15 is 0 Å². The lowest BCUT2D eigenvalue weighted by Crippen LogP contribution is -2.30. The van der Waals surface area contributed by atoms with Gasteiger partial charge in [0.1, 0.15) is 6.54 Å². The zero-order chi connectivity index (χ0) is 16.5. The molecule has 0 unspecified atom stereocenters. The summed E-state index contributed by atoms with van der Waals surface area (Å²) in [5, 5.41) is 4.38. The lowest BCUT2D eigenvalue weighted by molar-refractivity contribution is -0.139. The maximum absolute atomic E-state index is 12.0. The fourth-order valence-electron chi connectivity index (χ4n) is 1.74. The highest BCUT2D eigenvalue weighted by Crippen LogP contribution is 2.18. The van der Waals surface area contributed by atoms with Crippen molar-refractivity contribution in [3.8, 4) is 0 Å². The Morgan fingerprint density at radius 1 is 1.05 bits per heavy atom. The number of fused-ring (bicyclic) bond motifs is 1. The van der Waals surface area contributed by atoms with Gasteiger partial charge in [-0.1, -0.05) is 57.2 Å². The Hall–Kier alpha value is -2.36. The van der Waals surface area contributed by atoms with Crippen LogP contribution >= 0.6 is 0 Å². The van der Waals surface area contributed by atoms with Gasteiger partial charge in [0, 0.05) is 5.56 Å². The molecule has 2 rings (SSSR count). The van der Waals surface area contributed by atoms with Crippen molar-refractivity contribution in [1.29, 1.82) is 0 Å². The van der Waals surface area contributed by atoms with E-state index in [1.165, 1.54) is 7.11 Å². The van der Waals surface area contributed by atoms with Gasteiger partial charge in [0.05, 0.1) is 7.11 Å². The molecule has 0 spiro atoms. The minimum atomic E-state index is -0.469. The summed E-state index contributed by atoms with van der Waals surface area (Å²) in [5.74, 6) is 0.0841. The molecular weight excluding hydrogens is 278 g/mol. The van der Waals surface area contributed by atoms with Crippen LogP contribution in [0.15, 0.2) is 42.5 Å². The summed E-state index contributed by atoms with van der Waals surface area (Å²) in [7, 11) is 1.28. The molecule has 2 aromatic carbocycles. The van der Waals surface area contributed by atoms with Crippen LogP contribution < -0.4 is 5.32 Å². The fourth-order valence-corrected chi connectivity index (χ4v) is 1.74. The van der Waals surface area contributed by atoms with E-state index in [4.69, 9.17) is 0 Å². The number of carbonyl (C=O) groups is 2. The van der Waals surface area contributed by atoms with Crippen molar-refractivity contribution < 1.29 is 14.3 Å². The van der Waals surface area contributed by atoms with E-state index in [0.29, 0.717) is 5.56 Å². The Balaban J connectivity index is 0.000000541. The summed E-state index contributed by atoms with van der Waals surface area (Å²) in [6.07, 6.45) is 0. The van der Waals surface area contributed by atoms with Gasteiger partial charge in [-0.2, -0.15) is 0 Å². The monoisotopic (exact) mass is 301 g/mol. The maximum Gasteiger partial charge on any atom is 0.325 e. The van der Waals surface area contributed by atoms with Crippen molar-refractivity contribution >= 4 is 22.6 Å². The summed E-state index contributed by atoms with van der Waals surface area (Å²) >= 11 is 0. The summed E-state index contributed by atoms with van der Waals surface area (Å²) in [4.78, 5) is 22.9. The number of rotatable bonds is 3. The van der Waals surface area contributed by atoms with E-state index in [-0.39, 0.29) is 12.5 Å². The van der Waals surface area contributed by atoms with E-state index in [2.05, 4.69) is 30.8 Å². The topological polar surface area (TPSA) is 55.4 Å². The second-order valence-electron chi connectivity index (χ2n) is 5.52. The number of hydrogen-bond acceptors (Lipinski definition) is 3. The molecule has 0 heterocycles. The highest BCUT2D eigenvalue weighted by Gasteiger charge is 2.10. The fraction of sp³-hybridized carbons (Fsp3) is 0.333. The van der Waals surface area contributed by atoms with E-state index in [9.17, 15) is 9.59 Å². The minimum absolute atomic E-state index is 0.126. The van der Waals surface area contributed by atoms with Gasteiger partial charge >= 0.3 is 5.97 Å². The van der Waals surface area contributed by atoms with Crippen molar-refractivity contribution in [1.82, 2.24) is 5.32 Å². The first-order chi connectivity index (χ1) is 10.5. The van der Waals surface area contributed by atoms with Crippen LogP contribution in [0, 0.1) is 5.92 Å². The molecule has 4 nitrogen and oxygen atoms in total. The van der Waals surface area contributed by atoms with Crippen LogP contribution in [0.3, 0.4) is 0 Å². The molecule has 0 aliphatic heterocycles. The molecule has 0 radical (unpaired) electrons. The largest absolute Gasteiger partial charge is 0.468 e. The number of esters is 1. The summed E-state index contributed by atoms with van der Waals surface area (Å²) in [5.41, 5.74) is 0.553. The maximum atomic E-state index is 12.0. The molecule has 0 bridgehead atoms. The van der Waals surface area contributed by atoms with E-state index in [1.807, 2.05) is 36.4 Å². The summed E-state index contributed by atoms with van der Waals surface area (Å²) < 4.78 is 4.47. The highest BCUT2D eigenvalue weighted by molar-refractivity contribution is 6.07. The molecule has 118 valence electrons. The Morgan fingerprint density at radius 2 is 1.64 bits per heavy atom. The summed E-state index contributed by atoms with van der Waals surface area (Å²) in [6.45, 7) is 6.37. The number of hydrogen-bond donors (Lipinski definition) is 1. The Bertz CT molecular complexity index is 627. The average Bonchev–Trinajstić information content (AvgIpc) is 2.51. The normalized spacial score (nSPS) is 9.86. The average molecular weight is 301 g/mol. The number of amides is 1. The Labute approximate surface area is 131 Å². The molecular formula is C18H23NO3. The first-order valence-electron chi connectivity index (χ1n) is 7.28. The molecule has 0 aliphatic carbocycles. The molecule has 0 atom stereocenters. The van der Waals surface area contributed by atoms with Crippen LogP contribution in [0.4, 0.5) is 0 Å². The van der Waals surface area contributed by atoms with Gasteiger partial charge in [-0.05, 0) is 22.8 Å². The quantitative estimate of drug-likeness (QED) is 0.884. The molecule has 22 heavy (non-hydrogen) atoms. The molecule has 2 aromatic rings. The SMILES string of the molecule is CC(C)C.COC(=O)CNC(=O)c1cccc2ccccc12. The molecule has 1 N–H and O–H groups in total. The van der Waals surface area contributed by atoms with Crippen molar-refractivity contribution in [3.63, 3.8) is 0 Å². The van der Waals surface area contributed by atoms with Crippen LogP contribution in [-0.4, -0.2) is 25.5 Å². The van der Waals surface area contributed by atoms with Crippen molar-refractivity contribution in [2.45, 2.75) is 20.8 Å². The van der Waals surface area contributed by atoms with Crippen molar-refractivity contribution in [3.05, 3.63) is 48.0 Å². The predicted molar refractivity (Wildman–Crippen MR) is 88.8 cm³/mol. The van der Waals surface area contributed by atoms with Gasteiger partial charge in [0.25, 0.3) is 5.91 Å². The van der Waals surface area contributed by atoms with Crippen LogP contribution in [0.2, 0.25) is 0 Å². The second kappa shape index (κ2) is 8.82. The predicted octanol–water partition coefficient (Wildman–Crippen LogP) is 3.40. The molecule has 1 amide bonds. The van der Waals surface area contributed by atoms with Crippen LogP contribution in [-0.2, 0) is 9.53 Å². The number of benzene rings is 2. The molecule has 0 aliphatic rings. The van der Waals surface area contributed by atoms with Gasteiger partial charge in [0.15, 0.2) is 0 Å². The van der Waals surface area contributed by atoms with Gasteiger partial charge in [-0.3, -0.25) is 9.59 Å². The third-order valence-electron chi connectivity index (χ3n) is 2.66. The van der Waals surface area contributed by atoms with Gasteiger partial charge in [-0.25, -0.2) is 0 Å².